The van der Waals surface area contributed by atoms with Crippen LogP contribution in [0.1, 0.15) is 39.5 Å². The molecule has 32 heavy (non-hydrogen) atoms. The van der Waals surface area contributed by atoms with Gasteiger partial charge in [0.05, 0.1) is 10.9 Å². The van der Waals surface area contributed by atoms with Gasteiger partial charge in [-0.25, -0.2) is 4.39 Å². The van der Waals surface area contributed by atoms with E-state index in [1.807, 2.05) is 29.8 Å². The third-order valence-electron chi connectivity index (χ3n) is 5.49. The van der Waals surface area contributed by atoms with E-state index < -0.39 is 5.82 Å². The molecular formula is C24H25FN2O3S2. The van der Waals surface area contributed by atoms with E-state index in [2.05, 4.69) is 0 Å². The van der Waals surface area contributed by atoms with Gasteiger partial charge in [0, 0.05) is 18.0 Å². The highest BCUT2D eigenvalue weighted by atomic mass is 32.1. The van der Waals surface area contributed by atoms with Gasteiger partial charge in [-0.05, 0) is 53.4 Å². The number of nitrogens with zero attached hydrogens (tertiary/aromatic N) is 2. The Bertz CT molecular complexity index is 1070. The first-order valence-corrected chi connectivity index (χ1v) is 12.4. The van der Waals surface area contributed by atoms with Crippen molar-refractivity contribution in [3.8, 4) is 5.75 Å². The fourth-order valence-corrected chi connectivity index (χ4v) is 5.56. The van der Waals surface area contributed by atoms with Gasteiger partial charge in [0.2, 0.25) is 5.91 Å². The van der Waals surface area contributed by atoms with E-state index in [0.29, 0.717) is 18.0 Å². The first-order valence-electron chi connectivity index (χ1n) is 10.6. The van der Waals surface area contributed by atoms with Crippen molar-refractivity contribution in [3.63, 3.8) is 0 Å². The molecule has 3 aromatic rings. The van der Waals surface area contributed by atoms with Crippen LogP contribution in [0.15, 0.2) is 53.2 Å². The van der Waals surface area contributed by atoms with E-state index in [9.17, 15) is 14.0 Å². The number of carbonyl (C=O) groups excluding carboxylic acids is 2. The van der Waals surface area contributed by atoms with Crippen molar-refractivity contribution in [2.24, 2.45) is 0 Å². The smallest absolute Gasteiger partial charge is 0.264 e. The molecule has 2 amide bonds. The van der Waals surface area contributed by atoms with Gasteiger partial charge in [-0.2, -0.15) is 0 Å². The van der Waals surface area contributed by atoms with Crippen LogP contribution in [0.25, 0.3) is 0 Å². The molecule has 0 fully saturated rings. The van der Waals surface area contributed by atoms with Crippen molar-refractivity contribution in [2.75, 3.05) is 26.2 Å². The lowest BCUT2D eigenvalue weighted by atomic mass is 10.0. The van der Waals surface area contributed by atoms with Crippen LogP contribution in [-0.4, -0.2) is 47.9 Å². The highest BCUT2D eigenvalue weighted by molar-refractivity contribution is 7.12. The van der Waals surface area contributed by atoms with E-state index in [0.717, 1.165) is 18.4 Å². The topological polar surface area (TPSA) is 49.9 Å². The minimum atomic E-state index is -0.428. The predicted molar refractivity (Wildman–Crippen MR) is 125 cm³/mol. The Morgan fingerprint density at radius 2 is 2.00 bits per heavy atom. The molecule has 0 aliphatic carbocycles. The fraction of sp³-hybridized carbons (Fsp3) is 0.333. The van der Waals surface area contributed by atoms with Crippen molar-refractivity contribution in [1.82, 2.24) is 9.80 Å². The number of carbonyl (C=O) groups is 2. The Morgan fingerprint density at radius 3 is 2.75 bits per heavy atom. The second-order valence-corrected chi connectivity index (χ2v) is 9.55. The first kappa shape index (κ1) is 22.5. The Hall–Kier alpha value is -2.71. The summed E-state index contributed by atoms with van der Waals surface area (Å²) in [7, 11) is 0. The van der Waals surface area contributed by atoms with Gasteiger partial charge in [0.1, 0.15) is 13.2 Å². The zero-order chi connectivity index (χ0) is 22.5. The fourth-order valence-electron chi connectivity index (χ4n) is 3.94. The molecule has 168 valence electrons. The van der Waals surface area contributed by atoms with Crippen LogP contribution in [0.2, 0.25) is 0 Å². The third kappa shape index (κ3) is 4.86. The molecule has 0 saturated heterocycles. The number of thiophene rings is 2. The van der Waals surface area contributed by atoms with Gasteiger partial charge in [0.15, 0.2) is 11.6 Å². The molecule has 8 heteroatoms. The second kappa shape index (κ2) is 10.3. The summed E-state index contributed by atoms with van der Waals surface area (Å²) in [5.41, 5.74) is 1.04. The quantitative estimate of drug-likeness (QED) is 0.463. The molecule has 1 atom stereocenters. The van der Waals surface area contributed by atoms with E-state index >= 15 is 0 Å². The number of ether oxygens (including phenoxy) is 1. The van der Waals surface area contributed by atoms with Crippen molar-refractivity contribution >= 4 is 34.5 Å². The molecule has 0 N–H and O–H groups in total. The molecule has 0 saturated carbocycles. The molecule has 1 aromatic carbocycles. The van der Waals surface area contributed by atoms with Crippen molar-refractivity contribution in [2.45, 2.75) is 25.8 Å². The molecule has 0 bridgehead atoms. The predicted octanol–water partition coefficient (Wildman–Crippen LogP) is 5.01. The molecular weight excluding hydrogens is 447 g/mol. The van der Waals surface area contributed by atoms with Crippen LogP contribution >= 0.6 is 22.7 Å². The summed E-state index contributed by atoms with van der Waals surface area (Å²) >= 11 is 3.04. The standard InChI is InChI=1S/C24H25FN2O3S2/c1-2-11-26(24(29)22-8-5-13-31-22)15-23(28)27-12-9-21-17(10-14-32-21)19(27)16-30-20-7-4-3-6-18(20)25/h3-8,10,13-14,19H,2,9,11-12,15-16H2,1H3. The maximum atomic E-state index is 14.1. The maximum absolute atomic E-state index is 14.1. The summed E-state index contributed by atoms with van der Waals surface area (Å²) in [5, 5.41) is 3.87. The van der Waals surface area contributed by atoms with Crippen LogP contribution in [-0.2, 0) is 11.2 Å². The van der Waals surface area contributed by atoms with E-state index in [-0.39, 0.29) is 36.8 Å². The number of hydrogen-bond acceptors (Lipinski definition) is 5. The van der Waals surface area contributed by atoms with Crippen molar-refractivity contribution in [3.05, 3.63) is 74.4 Å². The summed E-state index contributed by atoms with van der Waals surface area (Å²) < 4.78 is 19.9. The summed E-state index contributed by atoms with van der Waals surface area (Å²) in [4.78, 5) is 31.5. The summed E-state index contributed by atoms with van der Waals surface area (Å²) in [5.74, 6) is -0.505. The van der Waals surface area contributed by atoms with Crippen LogP contribution in [0.5, 0.6) is 5.75 Å². The highest BCUT2D eigenvalue weighted by Crippen LogP contribution is 2.34. The number of benzene rings is 1. The SMILES string of the molecule is CCCN(CC(=O)N1CCc2sccc2C1COc1ccccc1F)C(=O)c1cccs1. The number of amides is 2. The van der Waals surface area contributed by atoms with Gasteiger partial charge in [-0.1, -0.05) is 25.1 Å². The molecule has 1 aliphatic heterocycles. The number of rotatable bonds is 8. The Balaban J connectivity index is 1.52. The molecule has 4 rings (SSSR count). The zero-order valence-corrected chi connectivity index (χ0v) is 19.5. The molecule has 0 radical (unpaired) electrons. The number of para-hydroxylation sites is 1. The van der Waals surface area contributed by atoms with E-state index in [4.69, 9.17) is 4.74 Å². The number of halogens is 1. The molecule has 3 heterocycles. The van der Waals surface area contributed by atoms with Crippen LogP contribution in [0.4, 0.5) is 4.39 Å². The van der Waals surface area contributed by atoms with Gasteiger partial charge < -0.3 is 14.5 Å². The summed E-state index contributed by atoms with van der Waals surface area (Å²) in [6.45, 7) is 3.22. The number of hydrogen-bond donors (Lipinski definition) is 0. The third-order valence-corrected chi connectivity index (χ3v) is 7.34. The van der Waals surface area contributed by atoms with Crippen molar-refractivity contribution in [1.29, 1.82) is 0 Å². The van der Waals surface area contributed by atoms with Gasteiger partial charge in [0.25, 0.3) is 5.91 Å². The molecule has 1 unspecified atom stereocenters. The van der Waals surface area contributed by atoms with Crippen molar-refractivity contribution < 1.29 is 18.7 Å². The minimum absolute atomic E-state index is 0.0141. The van der Waals surface area contributed by atoms with Gasteiger partial charge >= 0.3 is 0 Å². The first-order chi connectivity index (χ1) is 15.6. The Morgan fingerprint density at radius 1 is 1.16 bits per heavy atom. The summed E-state index contributed by atoms with van der Waals surface area (Å²) in [6, 6.07) is 11.6. The highest BCUT2D eigenvalue weighted by Gasteiger charge is 2.33. The average molecular weight is 473 g/mol. The lowest BCUT2D eigenvalue weighted by Gasteiger charge is -2.37. The number of fused-ring (bicyclic) bond motifs is 1. The molecule has 1 aliphatic rings. The summed E-state index contributed by atoms with van der Waals surface area (Å²) in [6.07, 6.45) is 1.53. The molecule has 2 aromatic heterocycles. The lowest BCUT2D eigenvalue weighted by molar-refractivity contribution is -0.135. The van der Waals surface area contributed by atoms with E-state index in [1.165, 1.54) is 22.3 Å². The Kier molecular flexibility index (Phi) is 7.22. The molecule has 5 nitrogen and oxygen atoms in total. The Labute approximate surface area is 195 Å². The minimum Gasteiger partial charge on any atom is -0.488 e. The second-order valence-electron chi connectivity index (χ2n) is 7.60. The van der Waals surface area contributed by atoms with Gasteiger partial charge in [-0.3, -0.25) is 9.59 Å². The average Bonchev–Trinajstić information content (AvgIpc) is 3.49. The lowest BCUT2D eigenvalue weighted by Crippen LogP contribution is -2.48. The molecule has 0 spiro atoms. The normalized spacial score (nSPS) is 15.3. The van der Waals surface area contributed by atoms with Crippen LogP contribution in [0.3, 0.4) is 0 Å². The van der Waals surface area contributed by atoms with E-state index in [1.54, 1.807) is 45.4 Å². The van der Waals surface area contributed by atoms with Crippen LogP contribution in [0, 0.1) is 5.82 Å². The van der Waals surface area contributed by atoms with Gasteiger partial charge in [-0.15, -0.1) is 22.7 Å². The largest absolute Gasteiger partial charge is 0.488 e. The monoisotopic (exact) mass is 472 g/mol. The zero-order valence-electron chi connectivity index (χ0n) is 17.8. The van der Waals surface area contributed by atoms with Crippen LogP contribution < -0.4 is 4.74 Å². The maximum Gasteiger partial charge on any atom is 0.264 e.